The summed E-state index contributed by atoms with van der Waals surface area (Å²) in [4.78, 5) is 22.1. The molecule has 0 aromatic heterocycles. The highest BCUT2D eigenvalue weighted by Crippen LogP contribution is 2.61. The molecule has 0 aliphatic heterocycles. The van der Waals surface area contributed by atoms with Gasteiger partial charge >= 0.3 is 5.97 Å². The summed E-state index contributed by atoms with van der Waals surface area (Å²) in [5.74, 6) is 3.25. The molecule has 0 amide bonds. The van der Waals surface area contributed by atoms with E-state index in [0.717, 1.165) is 31.0 Å². The number of carbonyl (C=O) groups is 2. The average Bonchev–Trinajstić information content (AvgIpc) is 2.53. The van der Waals surface area contributed by atoms with Crippen LogP contribution in [0.5, 0.6) is 0 Å². The first-order valence-electron chi connectivity index (χ1n) is 9.75. The van der Waals surface area contributed by atoms with E-state index in [2.05, 4.69) is 19.9 Å². The number of ether oxygens (including phenoxy) is 1. The van der Waals surface area contributed by atoms with Crippen LogP contribution in [0.4, 0.5) is 0 Å². The van der Waals surface area contributed by atoms with Crippen LogP contribution in [0.3, 0.4) is 0 Å². The number of hydrogen-bond acceptors (Lipinski definition) is 3. The predicted molar refractivity (Wildman–Crippen MR) is 94.3 cm³/mol. The lowest BCUT2D eigenvalue weighted by Crippen LogP contribution is -2.52. The molecule has 0 heterocycles. The Bertz CT molecular complexity index is 511. The molecular weight excluding hydrogens is 300 g/mol. The van der Waals surface area contributed by atoms with Gasteiger partial charge < -0.3 is 4.74 Å². The van der Waals surface area contributed by atoms with Crippen LogP contribution < -0.4 is 0 Å². The van der Waals surface area contributed by atoms with E-state index in [-0.39, 0.29) is 12.1 Å². The molecule has 3 fully saturated rings. The Balaban J connectivity index is 1.77. The second-order valence-corrected chi connectivity index (χ2v) is 8.71. The molecule has 0 saturated heterocycles. The average molecular weight is 332 g/mol. The van der Waals surface area contributed by atoms with Crippen molar-refractivity contribution in [2.24, 2.45) is 35.0 Å². The first kappa shape index (κ1) is 17.7. The largest absolute Gasteiger partial charge is 0.463 e. The predicted octanol–water partition coefficient (Wildman–Crippen LogP) is 4.55. The van der Waals surface area contributed by atoms with Gasteiger partial charge in [-0.05, 0) is 86.0 Å². The SMILES string of the molecule is CC(=O)O[C@H]1CC[C@]2(C)C3CC[C@@H](C)[C@@H](/C=C\C=O)[C@@H]3CC[C@H]2C1. The van der Waals surface area contributed by atoms with E-state index >= 15 is 0 Å². The molecule has 3 saturated carbocycles. The zero-order chi connectivity index (χ0) is 17.3. The third kappa shape index (κ3) is 3.19. The van der Waals surface area contributed by atoms with Crippen LogP contribution in [0.1, 0.15) is 65.7 Å². The van der Waals surface area contributed by atoms with Crippen molar-refractivity contribution in [1.29, 1.82) is 0 Å². The Hall–Kier alpha value is -1.12. The lowest BCUT2D eigenvalue weighted by molar-refractivity contribution is -0.156. The van der Waals surface area contributed by atoms with Crippen molar-refractivity contribution in [2.45, 2.75) is 71.8 Å². The van der Waals surface area contributed by atoms with Crippen LogP contribution in [0.15, 0.2) is 12.2 Å². The van der Waals surface area contributed by atoms with Crippen molar-refractivity contribution in [1.82, 2.24) is 0 Å². The van der Waals surface area contributed by atoms with E-state index in [1.807, 2.05) is 0 Å². The molecule has 3 nitrogen and oxygen atoms in total. The fraction of sp³-hybridized carbons (Fsp3) is 0.810. The third-order valence-corrected chi connectivity index (χ3v) is 7.53. The minimum Gasteiger partial charge on any atom is -0.463 e. The standard InChI is InChI=1S/C21H32O3/c1-14-6-9-20-19(18(14)5-4-12-22)8-7-16-13-17(24-15(2)23)10-11-21(16,20)3/h4-5,12,14,16-20H,6-11,13H2,1-3H3/b5-4-/t14-,16+,17+,18-,19+,20?,21+/m1/s1. The smallest absolute Gasteiger partial charge is 0.302 e. The summed E-state index contributed by atoms with van der Waals surface area (Å²) >= 11 is 0. The highest BCUT2D eigenvalue weighted by atomic mass is 16.5. The molecule has 1 unspecified atom stereocenters. The molecule has 3 rings (SSSR count). The van der Waals surface area contributed by atoms with Crippen LogP contribution in [0.2, 0.25) is 0 Å². The monoisotopic (exact) mass is 332 g/mol. The number of hydrogen-bond donors (Lipinski definition) is 0. The summed E-state index contributed by atoms with van der Waals surface area (Å²) in [5.41, 5.74) is 0.382. The van der Waals surface area contributed by atoms with Gasteiger partial charge in [-0.2, -0.15) is 0 Å². The van der Waals surface area contributed by atoms with Crippen molar-refractivity contribution >= 4 is 12.3 Å². The number of esters is 1. The fourth-order valence-electron chi connectivity index (χ4n) is 6.31. The van der Waals surface area contributed by atoms with Crippen molar-refractivity contribution in [3.8, 4) is 0 Å². The highest BCUT2D eigenvalue weighted by molar-refractivity contribution is 5.66. The number of allylic oxidation sites excluding steroid dienone is 2. The summed E-state index contributed by atoms with van der Waals surface area (Å²) in [5, 5.41) is 0. The van der Waals surface area contributed by atoms with E-state index in [9.17, 15) is 9.59 Å². The number of fused-ring (bicyclic) bond motifs is 3. The van der Waals surface area contributed by atoms with Crippen molar-refractivity contribution < 1.29 is 14.3 Å². The first-order valence-corrected chi connectivity index (χ1v) is 9.75. The minimum absolute atomic E-state index is 0.130. The highest BCUT2D eigenvalue weighted by Gasteiger charge is 2.53. The number of carbonyl (C=O) groups excluding carboxylic acids is 2. The summed E-state index contributed by atoms with van der Waals surface area (Å²) in [6.07, 6.45) is 13.3. The van der Waals surface area contributed by atoms with Gasteiger partial charge in [-0.25, -0.2) is 0 Å². The quantitative estimate of drug-likeness (QED) is 0.432. The third-order valence-electron chi connectivity index (χ3n) is 7.53. The van der Waals surface area contributed by atoms with E-state index in [0.29, 0.717) is 23.2 Å². The normalized spacial score (nSPS) is 45.3. The molecule has 0 spiro atoms. The van der Waals surface area contributed by atoms with Crippen LogP contribution in [0.25, 0.3) is 0 Å². The molecule has 3 aliphatic carbocycles. The van der Waals surface area contributed by atoms with Gasteiger partial charge in [0.05, 0.1) is 0 Å². The molecule has 0 aromatic rings. The summed E-state index contributed by atoms with van der Waals surface area (Å²) < 4.78 is 5.52. The van der Waals surface area contributed by atoms with Crippen LogP contribution >= 0.6 is 0 Å². The molecule has 3 heteroatoms. The van der Waals surface area contributed by atoms with E-state index in [4.69, 9.17) is 4.74 Å². The maximum atomic E-state index is 11.3. The fourth-order valence-corrected chi connectivity index (χ4v) is 6.31. The molecule has 7 atom stereocenters. The molecule has 0 bridgehead atoms. The maximum absolute atomic E-state index is 11.3. The van der Waals surface area contributed by atoms with Gasteiger partial charge in [-0.15, -0.1) is 0 Å². The lowest BCUT2D eigenvalue weighted by atomic mass is 9.47. The zero-order valence-electron chi connectivity index (χ0n) is 15.4. The Morgan fingerprint density at radius 2 is 1.96 bits per heavy atom. The van der Waals surface area contributed by atoms with Gasteiger partial charge in [0.2, 0.25) is 0 Å². The Morgan fingerprint density at radius 1 is 1.17 bits per heavy atom. The van der Waals surface area contributed by atoms with Gasteiger partial charge in [0.15, 0.2) is 0 Å². The Labute approximate surface area is 146 Å². The maximum Gasteiger partial charge on any atom is 0.302 e. The van der Waals surface area contributed by atoms with Gasteiger partial charge in [-0.3, -0.25) is 9.59 Å². The van der Waals surface area contributed by atoms with Crippen LogP contribution in [0, 0.1) is 35.0 Å². The molecule has 0 radical (unpaired) electrons. The van der Waals surface area contributed by atoms with E-state index < -0.39 is 0 Å². The molecular formula is C21H32O3. The summed E-state index contributed by atoms with van der Waals surface area (Å²) in [6, 6.07) is 0. The molecule has 3 aliphatic rings. The minimum atomic E-state index is -0.136. The topological polar surface area (TPSA) is 43.4 Å². The Morgan fingerprint density at radius 3 is 2.67 bits per heavy atom. The molecule has 0 aromatic carbocycles. The van der Waals surface area contributed by atoms with Gasteiger partial charge in [0, 0.05) is 6.92 Å². The number of rotatable bonds is 3. The molecule has 134 valence electrons. The van der Waals surface area contributed by atoms with E-state index in [1.165, 1.54) is 39.0 Å². The number of aldehydes is 1. The molecule has 0 N–H and O–H groups in total. The first-order chi connectivity index (χ1) is 11.5. The van der Waals surface area contributed by atoms with Crippen molar-refractivity contribution in [3.05, 3.63) is 12.2 Å². The Kier molecular flexibility index (Phi) is 5.17. The summed E-state index contributed by atoms with van der Waals surface area (Å²) in [6.45, 7) is 6.37. The second kappa shape index (κ2) is 7.01. The van der Waals surface area contributed by atoms with Gasteiger partial charge in [-0.1, -0.05) is 19.9 Å². The summed E-state index contributed by atoms with van der Waals surface area (Å²) in [7, 11) is 0. The van der Waals surface area contributed by atoms with E-state index in [1.54, 1.807) is 6.08 Å². The van der Waals surface area contributed by atoms with Crippen LogP contribution in [-0.2, 0) is 14.3 Å². The van der Waals surface area contributed by atoms with Gasteiger partial charge in [0.25, 0.3) is 0 Å². The lowest BCUT2D eigenvalue weighted by Gasteiger charge is -2.58. The second-order valence-electron chi connectivity index (χ2n) is 8.71. The van der Waals surface area contributed by atoms with Crippen molar-refractivity contribution in [3.63, 3.8) is 0 Å². The zero-order valence-corrected chi connectivity index (χ0v) is 15.4. The molecule has 24 heavy (non-hydrogen) atoms. The van der Waals surface area contributed by atoms with Crippen LogP contribution in [-0.4, -0.2) is 18.4 Å². The van der Waals surface area contributed by atoms with Gasteiger partial charge in [0.1, 0.15) is 12.4 Å². The van der Waals surface area contributed by atoms with Crippen molar-refractivity contribution in [2.75, 3.05) is 0 Å².